The standard InChI is InChI=1S/C32H50ClN5O/c1-5-6-7-8-9-10-11-12-13-14-15-16-17-18-19-23-27(39)34-26-22-20-21-25(24-26)30-35-31-28(33)29(32(2,3)4)36-38(31)37-30/h20-22,24H,5-19,23H2,1-4H3,(H,34,39)(H,35,37). The van der Waals surface area contributed by atoms with Crippen molar-refractivity contribution in [2.75, 3.05) is 5.32 Å². The molecule has 0 fully saturated rings. The van der Waals surface area contributed by atoms with E-state index in [1.165, 1.54) is 83.5 Å². The molecule has 216 valence electrons. The van der Waals surface area contributed by atoms with Crippen LogP contribution < -0.4 is 5.32 Å². The Balaban J connectivity index is 1.29. The lowest BCUT2D eigenvalue weighted by Crippen LogP contribution is -2.13. The van der Waals surface area contributed by atoms with E-state index in [2.05, 4.69) is 48.2 Å². The maximum absolute atomic E-state index is 12.5. The molecule has 0 spiro atoms. The highest BCUT2D eigenvalue weighted by atomic mass is 35.5. The van der Waals surface area contributed by atoms with Gasteiger partial charge in [-0.1, -0.05) is 141 Å². The first-order valence-electron chi connectivity index (χ1n) is 15.3. The molecule has 0 atom stereocenters. The molecule has 0 aliphatic heterocycles. The third-order valence-corrected chi connectivity index (χ3v) is 7.74. The number of hydrogen-bond donors (Lipinski definition) is 2. The highest BCUT2D eigenvalue weighted by molar-refractivity contribution is 6.34. The Hall–Kier alpha value is -2.34. The molecule has 0 saturated carbocycles. The van der Waals surface area contributed by atoms with Gasteiger partial charge in [-0.15, -0.1) is 9.73 Å². The molecular formula is C32H50ClN5O. The molecule has 3 rings (SSSR count). The van der Waals surface area contributed by atoms with Crippen molar-refractivity contribution in [2.45, 2.75) is 136 Å². The molecule has 0 saturated heterocycles. The second-order valence-electron chi connectivity index (χ2n) is 12.1. The monoisotopic (exact) mass is 555 g/mol. The third kappa shape index (κ3) is 10.3. The van der Waals surface area contributed by atoms with Gasteiger partial charge in [0, 0.05) is 23.1 Å². The lowest BCUT2D eigenvalue weighted by Gasteiger charge is -2.14. The molecule has 0 radical (unpaired) electrons. The van der Waals surface area contributed by atoms with Crippen LogP contribution in [-0.4, -0.2) is 25.7 Å². The minimum atomic E-state index is -0.164. The number of anilines is 1. The molecule has 1 amide bonds. The van der Waals surface area contributed by atoms with E-state index in [0.717, 1.165) is 29.8 Å². The number of unbranched alkanes of at least 4 members (excludes halogenated alkanes) is 14. The molecule has 3 aromatic rings. The number of aromatic amines is 1. The van der Waals surface area contributed by atoms with E-state index in [-0.39, 0.29) is 11.3 Å². The maximum Gasteiger partial charge on any atom is 0.224 e. The van der Waals surface area contributed by atoms with Gasteiger partial charge in [0.05, 0.1) is 5.69 Å². The van der Waals surface area contributed by atoms with Crippen LogP contribution in [0, 0.1) is 0 Å². The first-order chi connectivity index (χ1) is 18.8. The first-order valence-corrected chi connectivity index (χ1v) is 15.7. The van der Waals surface area contributed by atoms with Gasteiger partial charge in [-0.25, -0.2) is 0 Å². The fraction of sp³-hybridized carbons (Fsp3) is 0.656. The van der Waals surface area contributed by atoms with E-state index < -0.39 is 0 Å². The average Bonchev–Trinajstić information content (AvgIpc) is 3.46. The van der Waals surface area contributed by atoms with Gasteiger partial charge >= 0.3 is 0 Å². The van der Waals surface area contributed by atoms with Crippen LogP contribution in [0.3, 0.4) is 0 Å². The molecular weight excluding hydrogens is 506 g/mol. The van der Waals surface area contributed by atoms with Gasteiger partial charge in [0.15, 0.2) is 11.5 Å². The zero-order chi connectivity index (χ0) is 28.1. The molecule has 39 heavy (non-hydrogen) atoms. The fourth-order valence-corrected chi connectivity index (χ4v) is 5.48. The normalized spacial score (nSPS) is 11.9. The lowest BCUT2D eigenvalue weighted by molar-refractivity contribution is -0.116. The highest BCUT2D eigenvalue weighted by Crippen LogP contribution is 2.32. The number of amides is 1. The molecule has 2 aromatic heterocycles. The van der Waals surface area contributed by atoms with E-state index in [4.69, 9.17) is 11.6 Å². The largest absolute Gasteiger partial charge is 0.326 e. The molecule has 0 bridgehead atoms. The van der Waals surface area contributed by atoms with Crippen LogP contribution in [0.1, 0.15) is 136 Å². The molecule has 0 aliphatic rings. The van der Waals surface area contributed by atoms with Crippen molar-refractivity contribution in [1.29, 1.82) is 0 Å². The summed E-state index contributed by atoms with van der Waals surface area (Å²) in [5, 5.41) is 12.8. The number of rotatable bonds is 18. The van der Waals surface area contributed by atoms with Crippen molar-refractivity contribution in [3.05, 3.63) is 35.0 Å². The van der Waals surface area contributed by atoms with Gasteiger partial charge in [-0.05, 0) is 18.6 Å². The lowest BCUT2D eigenvalue weighted by atomic mass is 9.92. The van der Waals surface area contributed by atoms with Gasteiger partial charge in [0.25, 0.3) is 0 Å². The SMILES string of the molecule is CCCCCCCCCCCCCCCCCC(=O)Nc1cccc(-c2nn3nc(C(C)(C)C)c(Cl)c3[nH]2)c1. The highest BCUT2D eigenvalue weighted by Gasteiger charge is 2.25. The Morgan fingerprint density at radius 3 is 1.97 bits per heavy atom. The van der Waals surface area contributed by atoms with Gasteiger partial charge in [0.2, 0.25) is 5.91 Å². The topological polar surface area (TPSA) is 75.1 Å². The number of nitrogens with one attached hydrogen (secondary N) is 2. The average molecular weight is 556 g/mol. The second-order valence-corrected chi connectivity index (χ2v) is 12.4. The Labute approximate surface area is 240 Å². The minimum absolute atomic E-state index is 0.0638. The molecule has 6 nitrogen and oxygen atoms in total. The third-order valence-electron chi connectivity index (χ3n) is 7.38. The number of carbonyl (C=O) groups excluding carboxylic acids is 1. The summed E-state index contributed by atoms with van der Waals surface area (Å²) >= 11 is 6.57. The molecule has 2 heterocycles. The fourth-order valence-electron chi connectivity index (χ4n) is 5.03. The van der Waals surface area contributed by atoms with Gasteiger partial charge in [0.1, 0.15) is 5.02 Å². The number of nitrogens with zero attached hydrogens (tertiary/aromatic N) is 3. The number of carbonyl (C=O) groups is 1. The number of hydrogen-bond acceptors (Lipinski definition) is 3. The van der Waals surface area contributed by atoms with Crippen molar-refractivity contribution >= 4 is 28.8 Å². The van der Waals surface area contributed by atoms with Gasteiger partial charge < -0.3 is 10.3 Å². The van der Waals surface area contributed by atoms with Crippen LogP contribution in [0.15, 0.2) is 24.3 Å². The molecule has 0 unspecified atom stereocenters. The zero-order valence-electron chi connectivity index (χ0n) is 24.8. The summed E-state index contributed by atoms with van der Waals surface area (Å²) in [5.74, 6) is 0.729. The second kappa shape index (κ2) is 16.1. The molecule has 2 N–H and O–H groups in total. The summed E-state index contributed by atoms with van der Waals surface area (Å²) < 4.78 is 1.56. The smallest absolute Gasteiger partial charge is 0.224 e. The number of halogens is 1. The summed E-state index contributed by atoms with van der Waals surface area (Å²) in [4.78, 5) is 15.8. The van der Waals surface area contributed by atoms with Crippen molar-refractivity contribution in [2.24, 2.45) is 0 Å². The van der Waals surface area contributed by atoms with Crippen molar-refractivity contribution in [3.8, 4) is 11.4 Å². The Kier molecular flexibility index (Phi) is 12.8. The summed E-state index contributed by atoms with van der Waals surface area (Å²) in [7, 11) is 0. The first kappa shape index (κ1) is 31.2. The van der Waals surface area contributed by atoms with E-state index >= 15 is 0 Å². The van der Waals surface area contributed by atoms with Crippen LogP contribution in [-0.2, 0) is 10.2 Å². The summed E-state index contributed by atoms with van der Waals surface area (Å²) in [6.45, 7) is 8.51. The van der Waals surface area contributed by atoms with Crippen molar-refractivity contribution in [3.63, 3.8) is 0 Å². The molecule has 7 heteroatoms. The predicted molar refractivity (Wildman–Crippen MR) is 165 cm³/mol. The summed E-state index contributed by atoms with van der Waals surface area (Å²) in [6.07, 6.45) is 20.4. The van der Waals surface area contributed by atoms with Crippen molar-refractivity contribution < 1.29 is 4.79 Å². The van der Waals surface area contributed by atoms with Crippen molar-refractivity contribution in [1.82, 2.24) is 19.8 Å². The van der Waals surface area contributed by atoms with E-state index in [1.807, 2.05) is 24.3 Å². The number of benzene rings is 1. The zero-order valence-corrected chi connectivity index (χ0v) is 25.5. The maximum atomic E-state index is 12.5. The summed E-state index contributed by atoms with van der Waals surface area (Å²) in [5.41, 5.74) is 2.98. The quantitative estimate of drug-likeness (QED) is 0.153. The molecule has 1 aromatic carbocycles. The number of aromatic nitrogens is 4. The number of H-pyrrole nitrogens is 1. The Bertz CT molecular complexity index is 1140. The van der Waals surface area contributed by atoms with Crippen LogP contribution in [0.2, 0.25) is 5.02 Å². The van der Waals surface area contributed by atoms with Gasteiger partial charge in [-0.2, -0.15) is 5.10 Å². The Morgan fingerprint density at radius 1 is 0.872 bits per heavy atom. The summed E-state index contributed by atoms with van der Waals surface area (Å²) in [6, 6.07) is 7.72. The minimum Gasteiger partial charge on any atom is -0.326 e. The predicted octanol–water partition coefficient (Wildman–Crippen LogP) is 9.88. The van der Waals surface area contributed by atoms with E-state index in [9.17, 15) is 4.79 Å². The van der Waals surface area contributed by atoms with Crippen LogP contribution in [0.5, 0.6) is 0 Å². The van der Waals surface area contributed by atoms with E-state index in [1.54, 1.807) is 4.63 Å². The van der Waals surface area contributed by atoms with E-state index in [0.29, 0.717) is 22.9 Å². The number of fused-ring (bicyclic) bond motifs is 1. The van der Waals surface area contributed by atoms with Gasteiger partial charge in [-0.3, -0.25) is 4.79 Å². The van der Waals surface area contributed by atoms with Crippen LogP contribution in [0.25, 0.3) is 17.0 Å². The van der Waals surface area contributed by atoms with Crippen LogP contribution in [0.4, 0.5) is 5.69 Å². The molecule has 0 aliphatic carbocycles. The van der Waals surface area contributed by atoms with Crippen LogP contribution >= 0.6 is 11.6 Å². The Morgan fingerprint density at radius 2 is 1.44 bits per heavy atom.